The third-order valence-corrected chi connectivity index (χ3v) is 3.86. The zero-order valence-electron chi connectivity index (χ0n) is 12.7. The predicted molar refractivity (Wildman–Crippen MR) is 76.7 cm³/mol. The van der Waals surface area contributed by atoms with Crippen LogP contribution in [0.3, 0.4) is 0 Å². The van der Waals surface area contributed by atoms with Gasteiger partial charge in [-0.15, -0.1) is 0 Å². The molecular formula is C15H23F3N2. The van der Waals surface area contributed by atoms with Crippen molar-refractivity contribution in [1.29, 1.82) is 0 Å². The van der Waals surface area contributed by atoms with E-state index in [2.05, 4.69) is 27.7 Å². The fourth-order valence-electron chi connectivity index (χ4n) is 2.05. The molecular weight excluding hydrogens is 265 g/mol. The van der Waals surface area contributed by atoms with Crippen LogP contribution >= 0.6 is 0 Å². The summed E-state index contributed by atoms with van der Waals surface area (Å²) in [7, 11) is 1.89. The Balaban J connectivity index is 3.17. The maximum Gasteiger partial charge on any atom is 0.416 e. The van der Waals surface area contributed by atoms with Gasteiger partial charge in [0.05, 0.1) is 5.56 Å². The number of halogens is 3. The van der Waals surface area contributed by atoms with Crippen LogP contribution < -0.4 is 10.6 Å². The Labute approximate surface area is 118 Å². The minimum absolute atomic E-state index is 0.0281. The van der Waals surface area contributed by atoms with Gasteiger partial charge in [0.2, 0.25) is 0 Å². The van der Waals surface area contributed by atoms with Crippen molar-refractivity contribution >= 4 is 5.69 Å². The van der Waals surface area contributed by atoms with Crippen LogP contribution in [-0.2, 0) is 12.7 Å². The van der Waals surface area contributed by atoms with Crippen LogP contribution in [-0.4, -0.2) is 13.1 Å². The van der Waals surface area contributed by atoms with Crippen molar-refractivity contribution in [2.24, 2.45) is 11.1 Å². The Morgan fingerprint density at radius 2 is 1.75 bits per heavy atom. The molecule has 0 aliphatic rings. The monoisotopic (exact) mass is 288 g/mol. The van der Waals surface area contributed by atoms with E-state index >= 15 is 0 Å². The van der Waals surface area contributed by atoms with Crippen LogP contribution in [0.4, 0.5) is 18.9 Å². The minimum Gasteiger partial charge on any atom is -0.371 e. The molecule has 2 N–H and O–H groups in total. The van der Waals surface area contributed by atoms with E-state index in [1.165, 1.54) is 12.1 Å². The number of hydrogen-bond donors (Lipinski definition) is 1. The number of nitrogens with two attached hydrogens (primary N) is 1. The molecule has 0 fully saturated rings. The van der Waals surface area contributed by atoms with Crippen molar-refractivity contribution in [1.82, 2.24) is 0 Å². The van der Waals surface area contributed by atoms with Gasteiger partial charge in [-0.05, 0) is 36.1 Å². The fraction of sp³-hybridized carbons (Fsp3) is 0.600. The lowest BCUT2D eigenvalue weighted by Crippen LogP contribution is -2.39. The van der Waals surface area contributed by atoms with Crippen molar-refractivity contribution in [2.45, 2.75) is 46.5 Å². The average Bonchev–Trinajstić information content (AvgIpc) is 2.33. The third kappa shape index (κ3) is 3.66. The zero-order valence-corrected chi connectivity index (χ0v) is 12.7. The summed E-state index contributed by atoms with van der Waals surface area (Å²) < 4.78 is 38.5. The van der Waals surface area contributed by atoms with Crippen molar-refractivity contribution in [3.63, 3.8) is 0 Å². The second-order valence-electron chi connectivity index (χ2n) is 6.20. The quantitative estimate of drug-likeness (QED) is 0.909. The van der Waals surface area contributed by atoms with Gasteiger partial charge < -0.3 is 10.6 Å². The molecule has 0 aromatic heterocycles. The Kier molecular flexibility index (Phi) is 4.74. The lowest BCUT2D eigenvalue weighted by Gasteiger charge is -2.37. The molecule has 0 heterocycles. The Hall–Kier alpha value is -1.23. The second-order valence-corrected chi connectivity index (χ2v) is 6.20. The molecule has 0 saturated carbocycles. The lowest BCUT2D eigenvalue weighted by atomic mass is 9.87. The van der Waals surface area contributed by atoms with E-state index in [0.29, 0.717) is 0 Å². The molecule has 1 unspecified atom stereocenters. The highest BCUT2D eigenvalue weighted by molar-refractivity contribution is 5.52. The molecule has 1 aromatic carbocycles. The van der Waals surface area contributed by atoms with Gasteiger partial charge in [-0.25, -0.2) is 0 Å². The first-order valence-electron chi connectivity index (χ1n) is 6.61. The standard InChI is InChI=1S/C15H23F3N2/c1-10(14(2,3)4)20(5)12-6-7-13(15(16,17)18)11(8-12)9-19/h6-8,10H,9,19H2,1-5H3. The van der Waals surface area contributed by atoms with Gasteiger partial charge >= 0.3 is 6.18 Å². The van der Waals surface area contributed by atoms with Crippen molar-refractivity contribution in [3.8, 4) is 0 Å². The minimum atomic E-state index is -4.36. The first-order valence-corrected chi connectivity index (χ1v) is 6.61. The van der Waals surface area contributed by atoms with Crippen LogP contribution in [0.25, 0.3) is 0 Å². The zero-order chi connectivity index (χ0) is 15.7. The maximum atomic E-state index is 12.8. The lowest BCUT2D eigenvalue weighted by molar-refractivity contribution is -0.138. The summed E-state index contributed by atoms with van der Waals surface area (Å²) in [6.07, 6.45) is -4.36. The number of hydrogen-bond acceptors (Lipinski definition) is 2. The molecule has 0 aliphatic heterocycles. The number of rotatable bonds is 3. The van der Waals surface area contributed by atoms with E-state index < -0.39 is 11.7 Å². The largest absolute Gasteiger partial charge is 0.416 e. The molecule has 20 heavy (non-hydrogen) atoms. The summed E-state index contributed by atoms with van der Waals surface area (Å²) in [4.78, 5) is 1.99. The van der Waals surface area contributed by atoms with Gasteiger partial charge in [-0.2, -0.15) is 13.2 Å². The molecule has 1 atom stereocenters. The Morgan fingerprint density at radius 3 is 2.15 bits per heavy atom. The number of benzene rings is 1. The smallest absolute Gasteiger partial charge is 0.371 e. The van der Waals surface area contributed by atoms with Gasteiger partial charge in [0.15, 0.2) is 0 Å². The first-order chi connectivity index (χ1) is 8.98. The van der Waals surface area contributed by atoms with Crippen LogP contribution in [0.15, 0.2) is 18.2 Å². The number of alkyl halides is 3. The maximum absolute atomic E-state index is 12.8. The third-order valence-electron chi connectivity index (χ3n) is 3.86. The summed E-state index contributed by atoms with van der Waals surface area (Å²) in [5.41, 5.74) is 5.71. The summed E-state index contributed by atoms with van der Waals surface area (Å²) in [5, 5.41) is 0. The molecule has 1 rings (SSSR count). The van der Waals surface area contributed by atoms with Crippen LogP contribution in [0, 0.1) is 5.41 Å². The van der Waals surface area contributed by atoms with Gasteiger partial charge in [0.25, 0.3) is 0 Å². The van der Waals surface area contributed by atoms with Gasteiger partial charge in [0.1, 0.15) is 0 Å². The van der Waals surface area contributed by atoms with Gasteiger partial charge in [-0.1, -0.05) is 20.8 Å². The van der Waals surface area contributed by atoms with Gasteiger partial charge in [0, 0.05) is 25.3 Å². The van der Waals surface area contributed by atoms with Crippen LogP contribution in [0.5, 0.6) is 0 Å². The SMILES string of the molecule is CC(N(C)c1ccc(C(F)(F)F)c(CN)c1)C(C)(C)C. The summed E-state index contributed by atoms with van der Waals surface area (Å²) in [6, 6.07) is 4.34. The molecule has 0 radical (unpaired) electrons. The molecule has 0 aliphatic carbocycles. The number of anilines is 1. The summed E-state index contributed by atoms with van der Waals surface area (Å²) >= 11 is 0. The highest BCUT2D eigenvalue weighted by Gasteiger charge is 2.33. The van der Waals surface area contributed by atoms with Crippen LogP contribution in [0.2, 0.25) is 0 Å². The number of nitrogens with zero attached hydrogens (tertiary/aromatic N) is 1. The summed E-state index contributed by atoms with van der Waals surface area (Å²) in [6.45, 7) is 8.23. The van der Waals surface area contributed by atoms with E-state index in [-0.39, 0.29) is 23.6 Å². The molecule has 114 valence electrons. The molecule has 1 aromatic rings. The molecule has 0 spiro atoms. The molecule has 0 saturated heterocycles. The molecule has 0 amide bonds. The van der Waals surface area contributed by atoms with E-state index in [9.17, 15) is 13.2 Å². The van der Waals surface area contributed by atoms with Gasteiger partial charge in [-0.3, -0.25) is 0 Å². The fourth-order valence-corrected chi connectivity index (χ4v) is 2.05. The van der Waals surface area contributed by atoms with E-state index in [4.69, 9.17) is 5.73 Å². The molecule has 5 heteroatoms. The predicted octanol–water partition coefficient (Wildman–Crippen LogP) is 4.03. The van der Waals surface area contributed by atoms with Crippen molar-refractivity contribution < 1.29 is 13.2 Å². The van der Waals surface area contributed by atoms with E-state index in [1.807, 2.05) is 11.9 Å². The second kappa shape index (κ2) is 5.64. The summed E-state index contributed by atoms with van der Waals surface area (Å²) in [5.74, 6) is 0. The highest BCUT2D eigenvalue weighted by Crippen LogP contribution is 2.35. The highest BCUT2D eigenvalue weighted by atomic mass is 19.4. The molecule has 2 nitrogen and oxygen atoms in total. The topological polar surface area (TPSA) is 29.3 Å². The average molecular weight is 288 g/mol. The normalized spacial score (nSPS) is 14.2. The van der Waals surface area contributed by atoms with E-state index in [1.54, 1.807) is 0 Å². The van der Waals surface area contributed by atoms with E-state index in [0.717, 1.165) is 11.8 Å². The first kappa shape index (κ1) is 16.8. The molecule has 0 bridgehead atoms. The van der Waals surface area contributed by atoms with Crippen LogP contribution in [0.1, 0.15) is 38.8 Å². The van der Waals surface area contributed by atoms with Crippen molar-refractivity contribution in [2.75, 3.05) is 11.9 Å². The van der Waals surface area contributed by atoms with Crippen molar-refractivity contribution in [3.05, 3.63) is 29.3 Å². The Bertz CT molecular complexity index is 461. The Morgan fingerprint density at radius 1 is 1.20 bits per heavy atom.